The molecule has 14 heavy (non-hydrogen) atoms. The molecule has 0 radical (unpaired) electrons. The number of rotatable bonds is 3. The monoisotopic (exact) mass is 257 g/mol. The molecule has 0 aliphatic carbocycles. The van der Waals surface area contributed by atoms with Crippen LogP contribution in [0.2, 0.25) is 0 Å². The van der Waals surface area contributed by atoms with Gasteiger partial charge in [-0.2, -0.15) is 0 Å². The number of amides is 1. The topological polar surface area (TPSA) is 38.3 Å². The number of benzene rings is 1. The summed E-state index contributed by atoms with van der Waals surface area (Å²) in [4.78, 5) is 11.1. The number of anilines is 1. The molecule has 0 aliphatic rings. The zero-order valence-corrected chi connectivity index (χ0v) is 9.67. The number of methoxy groups -OCH3 is 1. The first-order valence-corrected chi connectivity index (χ1v) is 5.14. The molecule has 0 spiro atoms. The van der Waals surface area contributed by atoms with Crippen molar-refractivity contribution < 1.29 is 9.53 Å². The molecule has 0 saturated heterocycles. The van der Waals surface area contributed by atoms with Gasteiger partial charge < -0.3 is 10.1 Å². The molecule has 1 amide bonds. The molecule has 76 valence electrons. The van der Waals surface area contributed by atoms with Crippen molar-refractivity contribution in [2.24, 2.45) is 0 Å². The molecule has 1 aromatic carbocycles. The lowest BCUT2D eigenvalue weighted by atomic mass is 10.3. The van der Waals surface area contributed by atoms with Gasteiger partial charge in [-0.15, -0.1) is 0 Å². The van der Waals surface area contributed by atoms with Crippen molar-refractivity contribution in [3.05, 3.63) is 24.3 Å². The van der Waals surface area contributed by atoms with E-state index < -0.39 is 0 Å². The third kappa shape index (κ3) is 3.03. The first-order chi connectivity index (χ1) is 6.63. The summed E-state index contributed by atoms with van der Waals surface area (Å²) >= 11 is 3.19. The first-order valence-electron chi connectivity index (χ1n) is 4.22. The van der Waals surface area contributed by atoms with E-state index in [1.165, 1.54) is 0 Å². The number of ether oxygens (including phenoxy) is 1. The van der Waals surface area contributed by atoms with Crippen molar-refractivity contribution in [3.8, 4) is 5.75 Å². The number of hydrogen-bond acceptors (Lipinski definition) is 2. The van der Waals surface area contributed by atoms with Crippen LogP contribution in [0.4, 0.5) is 5.69 Å². The molecule has 3 nitrogen and oxygen atoms in total. The van der Waals surface area contributed by atoms with E-state index in [1.54, 1.807) is 20.1 Å². The Morgan fingerprint density at radius 1 is 1.57 bits per heavy atom. The van der Waals surface area contributed by atoms with Crippen molar-refractivity contribution in [1.29, 1.82) is 0 Å². The van der Waals surface area contributed by atoms with Crippen molar-refractivity contribution >= 4 is 27.5 Å². The lowest BCUT2D eigenvalue weighted by Gasteiger charge is -2.07. The van der Waals surface area contributed by atoms with Crippen LogP contribution in [0.5, 0.6) is 5.75 Å². The highest BCUT2D eigenvalue weighted by Gasteiger charge is 2.08. The van der Waals surface area contributed by atoms with E-state index in [4.69, 9.17) is 4.74 Å². The molecule has 1 aromatic rings. The minimum Gasteiger partial charge on any atom is -0.497 e. The molecule has 0 fully saturated rings. The van der Waals surface area contributed by atoms with E-state index in [-0.39, 0.29) is 10.7 Å². The Hall–Kier alpha value is -1.03. The molecule has 0 heterocycles. The minimum atomic E-state index is -0.200. The Morgan fingerprint density at radius 2 is 2.29 bits per heavy atom. The molecule has 0 aromatic heterocycles. The maximum absolute atomic E-state index is 11.3. The van der Waals surface area contributed by atoms with E-state index in [0.29, 0.717) is 0 Å². The van der Waals surface area contributed by atoms with Crippen molar-refractivity contribution in [2.75, 3.05) is 12.4 Å². The standard InChI is InChI=1S/C10H12BrNO2/c1-7(11)10(13)12-8-4-3-5-9(6-8)14-2/h3-7H,1-2H3,(H,12,13)/t7-/m0/s1. The SMILES string of the molecule is COc1cccc(NC(=O)[C@H](C)Br)c1. The average molecular weight is 258 g/mol. The van der Waals surface area contributed by atoms with Gasteiger partial charge in [-0.05, 0) is 19.1 Å². The molecule has 1 N–H and O–H groups in total. The van der Waals surface area contributed by atoms with E-state index in [2.05, 4.69) is 21.2 Å². The summed E-state index contributed by atoms with van der Waals surface area (Å²) in [6.07, 6.45) is 0. The normalized spacial score (nSPS) is 11.9. The largest absolute Gasteiger partial charge is 0.497 e. The second kappa shape index (κ2) is 5.00. The summed E-state index contributed by atoms with van der Waals surface area (Å²) in [5, 5.41) is 2.75. The molecule has 4 heteroatoms. The maximum Gasteiger partial charge on any atom is 0.237 e. The highest BCUT2D eigenvalue weighted by molar-refractivity contribution is 9.10. The Balaban J connectivity index is 2.72. The number of halogens is 1. The minimum absolute atomic E-state index is 0.0711. The number of carbonyl (C=O) groups excluding carboxylic acids is 1. The molecule has 0 unspecified atom stereocenters. The van der Waals surface area contributed by atoms with Crippen molar-refractivity contribution in [3.63, 3.8) is 0 Å². The predicted octanol–water partition coefficient (Wildman–Crippen LogP) is 2.42. The molecule has 0 aliphatic heterocycles. The maximum atomic E-state index is 11.3. The number of carbonyl (C=O) groups is 1. The van der Waals surface area contributed by atoms with Crippen molar-refractivity contribution in [1.82, 2.24) is 0 Å². The van der Waals surface area contributed by atoms with Crippen LogP contribution in [0.25, 0.3) is 0 Å². The van der Waals surface area contributed by atoms with E-state index in [0.717, 1.165) is 11.4 Å². The lowest BCUT2D eigenvalue weighted by Crippen LogP contribution is -2.19. The fraction of sp³-hybridized carbons (Fsp3) is 0.300. The molecule has 1 rings (SSSR count). The zero-order chi connectivity index (χ0) is 10.6. The summed E-state index contributed by atoms with van der Waals surface area (Å²) in [6, 6.07) is 7.24. The van der Waals surface area contributed by atoms with E-state index in [1.807, 2.05) is 18.2 Å². The molecule has 0 bridgehead atoms. The highest BCUT2D eigenvalue weighted by Crippen LogP contribution is 2.17. The fourth-order valence-corrected chi connectivity index (χ4v) is 1.06. The van der Waals surface area contributed by atoms with Crippen LogP contribution in [-0.2, 0) is 4.79 Å². The Labute approximate surface area is 91.6 Å². The molecule has 0 saturated carbocycles. The molecular weight excluding hydrogens is 246 g/mol. The van der Waals surface area contributed by atoms with Gasteiger partial charge in [0.15, 0.2) is 0 Å². The van der Waals surface area contributed by atoms with Gasteiger partial charge in [0.05, 0.1) is 11.9 Å². The van der Waals surface area contributed by atoms with Crippen molar-refractivity contribution in [2.45, 2.75) is 11.8 Å². The summed E-state index contributed by atoms with van der Waals surface area (Å²) < 4.78 is 5.03. The van der Waals surface area contributed by atoms with Gasteiger partial charge in [0.1, 0.15) is 5.75 Å². The predicted molar refractivity (Wildman–Crippen MR) is 60.0 cm³/mol. The quantitative estimate of drug-likeness (QED) is 0.845. The zero-order valence-electron chi connectivity index (χ0n) is 8.08. The Kier molecular flexibility index (Phi) is 3.95. The van der Waals surface area contributed by atoms with Crippen LogP contribution >= 0.6 is 15.9 Å². The van der Waals surface area contributed by atoms with Gasteiger partial charge in [0, 0.05) is 11.8 Å². The lowest BCUT2D eigenvalue weighted by molar-refractivity contribution is -0.115. The second-order valence-corrected chi connectivity index (χ2v) is 4.21. The molecular formula is C10H12BrNO2. The van der Waals surface area contributed by atoms with Crippen LogP contribution < -0.4 is 10.1 Å². The number of alkyl halides is 1. The summed E-state index contributed by atoms with van der Waals surface area (Å²) in [5.74, 6) is 0.656. The average Bonchev–Trinajstić information content (AvgIpc) is 2.18. The molecule has 1 atom stereocenters. The van der Waals surface area contributed by atoms with Gasteiger partial charge in [-0.1, -0.05) is 22.0 Å². The van der Waals surface area contributed by atoms with Gasteiger partial charge in [-0.3, -0.25) is 4.79 Å². The fourth-order valence-electron chi connectivity index (χ4n) is 0.943. The summed E-state index contributed by atoms with van der Waals surface area (Å²) in [5.41, 5.74) is 0.737. The number of nitrogens with one attached hydrogen (secondary N) is 1. The first kappa shape index (κ1) is 11.0. The number of hydrogen-bond donors (Lipinski definition) is 1. The van der Waals surface area contributed by atoms with Gasteiger partial charge in [-0.25, -0.2) is 0 Å². The smallest absolute Gasteiger partial charge is 0.237 e. The van der Waals surface area contributed by atoms with Crippen LogP contribution in [0.15, 0.2) is 24.3 Å². The van der Waals surface area contributed by atoms with Crippen LogP contribution in [0, 0.1) is 0 Å². The Bertz CT molecular complexity index is 326. The van der Waals surface area contributed by atoms with Crippen LogP contribution in [-0.4, -0.2) is 17.8 Å². The van der Waals surface area contributed by atoms with Crippen LogP contribution in [0.3, 0.4) is 0 Å². The van der Waals surface area contributed by atoms with Gasteiger partial charge in [0.25, 0.3) is 0 Å². The van der Waals surface area contributed by atoms with Gasteiger partial charge >= 0.3 is 0 Å². The third-order valence-corrected chi connectivity index (χ3v) is 2.11. The van der Waals surface area contributed by atoms with Crippen LogP contribution in [0.1, 0.15) is 6.92 Å². The Morgan fingerprint density at radius 3 is 2.86 bits per heavy atom. The summed E-state index contributed by atoms with van der Waals surface area (Å²) in [6.45, 7) is 1.77. The summed E-state index contributed by atoms with van der Waals surface area (Å²) in [7, 11) is 1.59. The van der Waals surface area contributed by atoms with E-state index in [9.17, 15) is 4.79 Å². The third-order valence-electron chi connectivity index (χ3n) is 1.70. The van der Waals surface area contributed by atoms with Gasteiger partial charge in [0.2, 0.25) is 5.91 Å². The highest BCUT2D eigenvalue weighted by atomic mass is 79.9. The second-order valence-electron chi connectivity index (χ2n) is 2.84. The van der Waals surface area contributed by atoms with E-state index >= 15 is 0 Å².